The third kappa shape index (κ3) is 1.80. The van der Waals surface area contributed by atoms with Gasteiger partial charge in [0, 0.05) is 13.5 Å². The first kappa shape index (κ1) is 11.0. The standard InChI is InChI=1S/C14H14N2O2/c1-16-11-6-3-2-5-10(11)15-14(16)9-12(17)13-7-4-8-18-13/h2-8,12,17H,9H2,1H3. The number of aryl methyl sites for hydroxylation is 1. The summed E-state index contributed by atoms with van der Waals surface area (Å²) in [6, 6.07) is 11.5. The molecule has 0 amide bonds. The summed E-state index contributed by atoms with van der Waals surface area (Å²) in [6.07, 6.45) is 1.35. The largest absolute Gasteiger partial charge is 0.467 e. The van der Waals surface area contributed by atoms with Crippen LogP contribution in [0.1, 0.15) is 17.7 Å². The van der Waals surface area contributed by atoms with Gasteiger partial charge in [-0.05, 0) is 24.3 Å². The number of aromatic nitrogens is 2. The minimum Gasteiger partial charge on any atom is -0.467 e. The van der Waals surface area contributed by atoms with E-state index >= 15 is 0 Å². The van der Waals surface area contributed by atoms with Crippen molar-refractivity contribution >= 4 is 11.0 Å². The Balaban J connectivity index is 1.93. The molecule has 18 heavy (non-hydrogen) atoms. The predicted molar refractivity (Wildman–Crippen MR) is 68.1 cm³/mol. The molecule has 0 fully saturated rings. The molecule has 1 atom stereocenters. The molecule has 0 radical (unpaired) electrons. The van der Waals surface area contributed by atoms with E-state index in [0.717, 1.165) is 16.9 Å². The van der Waals surface area contributed by atoms with Crippen molar-refractivity contribution in [3.63, 3.8) is 0 Å². The van der Waals surface area contributed by atoms with Gasteiger partial charge in [-0.2, -0.15) is 0 Å². The number of imidazole rings is 1. The molecule has 1 unspecified atom stereocenters. The van der Waals surface area contributed by atoms with Gasteiger partial charge >= 0.3 is 0 Å². The molecule has 4 heteroatoms. The van der Waals surface area contributed by atoms with Crippen LogP contribution in [-0.4, -0.2) is 14.7 Å². The highest BCUT2D eigenvalue weighted by atomic mass is 16.4. The maximum atomic E-state index is 10.1. The van der Waals surface area contributed by atoms with E-state index in [9.17, 15) is 5.11 Å². The van der Waals surface area contributed by atoms with Gasteiger partial charge < -0.3 is 14.1 Å². The van der Waals surface area contributed by atoms with Crippen molar-refractivity contribution in [3.8, 4) is 0 Å². The maximum absolute atomic E-state index is 10.1. The monoisotopic (exact) mass is 242 g/mol. The van der Waals surface area contributed by atoms with Gasteiger partial charge in [-0.25, -0.2) is 4.98 Å². The Labute approximate surface area is 104 Å². The van der Waals surface area contributed by atoms with Gasteiger partial charge in [-0.3, -0.25) is 0 Å². The number of benzene rings is 1. The third-order valence-corrected chi connectivity index (χ3v) is 3.13. The Morgan fingerprint density at radius 1 is 1.28 bits per heavy atom. The van der Waals surface area contributed by atoms with Crippen molar-refractivity contribution in [2.75, 3.05) is 0 Å². The molecule has 92 valence electrons. The number of aliphatic hydroxyl groups excluding tert-OH is 1. The topological polar surface area (TPSA) is 51.2 Å². The lowest BCUT2D eigenvalue weighted by Crippen LogP contribution is -2.06. The van der Waals surface area contributed by atoms with Gasteiger partial charge in [-0.1, -0.05) is 12.1 Å². The Morgan fingerprint density at radius 2 is 2.11 bits per heavy atom. The van der Waals surface area contributed by atoms with Gasteiger partial charge in [0.25, 0.3) is 0 Å². The van der Waals surface area contributed by atoms with Crippen LogP contribution in [0.4, 0.5) is 0 Å². The third-order valence-electron chi connectivity index (χ3n) is 3.13. The molecule has 4 nitrogen and oxygen atoms in total. The van der Waals surface area contributed by atoms with Crippen LogP contribution in [0.3, 0.4) is 0 Å². The average Bonchev–Trinajstić information content (AvgIpc) is 3.00. The minimum atomic E-state index is -0.657. The van der Waals surface area contributed by atoms with Crippen LogP contribution < -0.4 is 0 Å². The van der Waals surface area contributed by atoms with Gasteiger partial charge in [0.15, 0.2) is 0 Å². The van der Waals surface area contributed by atoms with Gasteiger partial charge in [0.2, 0.25) is 0 Å². The highest BCUT2D eigenvalue weighted by Gasteiger charge is 2.15. The number of aliphatic hydroxyl groups is 1. The van der Waals surface area contributed by atoms with Crippen LogP contribution in [0.25, 0.3) is 11.0 Å². The normalized spacial score (nSPS) is 13.0. The lowest BCUT2D eigenvalue weighted by Gasteiger charge is -2.07. The fourth-order valence-electron chi connectivity index (χ4n) is 2.13. The number of rotatable bonds is 3. The summed E-state index contributed by atoms with van der Waals surface area (Å²) in [5.74, 6) is 1.42. The summed E-state index contributed by atoms with van der Waals surface area (Å²) in [6.45, 7) is 0. The smallest absolute Gasteiger partial charge is 0.132 e. The number of hydrogen-bond donors (Lipinski definition) is 1. The fourth-order valence-corrected chi connectivity index (χ4v) is 2.13. The quantitative estimate of drug-likeness (QED) is 0.767. The van der Waals surface area contributed by atoms with Crippen LogP contribution in [-0.2, 0) is 13.5 Å². The van der Waals surface area contributed by atoms with Gasteiger partial charge in [0.05, 0.1) is 17.3 Å². The Hall–Kier alpha value is -2.07. The van der Waals surface area contributed by atoms with Gasteiger partial charge in [0.1, 0.15) is 17.7 Å². The van der Waals surface area contributed by atoms with E-state index in [2.05, 4.69) is 4.98 Å². The minimum absolute atomic E-state index is 0.443. The molecule has 0 spiro atoms. The van der Waals surface area contributed by atoms with Crippen molar-refractivity contribution in [1.82, 2.24) is 9.55 Å². The SMILES string of the molecule is Cn1c(CC(O)c2ccco2)nc2ccccc21. The predicted octanol–water partition coefficient (Wildman–Crippen LogP) is 2.44. The number of para-hydroxylation sites is 2. The molecule has 0 aliphatic carbocycles. The summed E-state index contributed by atoms with van der Waals surface area (Å²) < 4.78 is 7.20. The Kier molecular flexibility index (Phi) is 2.64. The molecule has 1 N–H and O–H groups in total. The summed E-state index contributed by atoms with van der Waals surface area (Å²) in [7, 11) is 1.96. The Bertz CT molecular complexity index is 656. The molecular weight excluding hydrogens is 228 g/mol. The van der Waals surface area contributed by atoms with Crippen molar-refractivity contribution in [2.24, 2.45) is 7.05 Å². The first-order chi connectivity index (χ1) is 8.75. The maximum Gasteiger partial charge on any atom is 0.132 e. The molecule has 2 heterocycles. The highest BCUT2D eigenvalue weighted by Crippen LogP contribution is 2.21. The van der Waals surface area contributed by atoms with Crippen molar-refractivity contribution in [2.45, 2.75) is 12.5 Å². The molecular formula is C14H14N2O2. The molecule has 0 saturated heterocycles. The Morgan fingerprint density at radius 3 is 2.83 bits per heavy atom. The number of furan rings is 1. The van der Waals surface area contributed by atoms with E-state index in [1.165, 1.54) is 0 Å². The van der Waals surface area contributed by atoms with Crippen molar-refractivity contribution in [3.05, 3.63) is 54.2 Å². The number of hydrogen-bond acceptors (Lipinski definition) is 3. The summed E-state index contributed by atoms with van der Waals surface area (Å²) in [5.41, 5.74) is 2.01. The second-order valence-electron chi connectivity index (χ2n) is 4.31. The molecule has 0 aliphatic heterocycles. The first-order valence-electron chi connectivity index (χ1n) is 5.87. The lowest BCUT2D eigenvalue weighted by molar-refractivity contribution is 0.147. The number of nitrogens with zero attached hydrogens (tertiary/aromatic N) is 2. The molecule has 3 rings (SSSR count). The molecule has 0 saturated carbocycles. The van der Waals surface area contributed by atoms with Crippen LogP contribution in [0, 0.1) is 0 Å². The van der Waals surface area contributed by atoms with Crippen LogP contribution in [0.15, 0.2) is 47.1 Å². The number of fused-ring (bicyclic) bond motifs is 1. The molecule has 0 bridgehead atoms. The summed E-state index contributed by atoms with van der Waals surface area (Å²) in [4.78, 5) is 4.52. The van der Waals surface area contributed by atoms with Crippen molar-refractivity contribution in [1.29, 1.82) is 0 Å². The van der Waals surface area contributed by atoms with Crippen LogP contribution in [0.5, 0.6) is 0 Å². The van der Waals surface area contributed by atoms with E-state index in [0.29, 0.717) is 12.2 Å². The summed E-state index contributed by atoms with van der Waals surface area (Å²) in [5, 5.41) is 10.1. The summed E-state index contributed by atoms with van der Waals surface area (Å²) >= 11 is 0. The van der Waals surface area contributed by atoms with E-state index in [1.54, 1.807) is 18.4 Å². The first-order valence-corrected chi connectivity index (χ1v) is 5.87. The molecule has 3 aromatic rings. The molecule has 1 aromatic carbocycles. The zero-order chi connectivity index (χ0) is 12.5. The zero-order valence-corrected chi connectivity index (χ0v) is 10.1. The van der Waals surface area contributed by atoms with Gasteiger partial charge in [-0.15, -0.1) is 0 Å². The van der Waals surface area contributed by atoms with Crippen LogP contribution in [0.2, 0.25) is 0 Å². The van der Waals surface area contributed by atoms with E-state index in [4.69, 9.17) is 4.42 Å². The van der Waals surface area contributed by atoms with Crippen molar-refractivity contribution < 1.29 is 9.52 Å². The van der Waals surface area contributed by atoms with E-state index in [-0.39, 0.29) is 0 Å². The van der Waals surface area contributed by atoms with E-state index < -0.39 is 6.10 Å². The molecule has 0 aliphatic rings. The average molecular weight is 242 g/mol. The van der Waals surface area contributed by atoms with E-state index in [1.807, 2.05) is 35.9 Å². The second-order valence-corrected chi connectivity index (χ2v) is 4.31. The molecule has 2 aromatic heterocycles. The second kappa shape index (κ2) is 4.31. The van der Waals surface area contributed by atoms with Crippen LogP contribution >= 0.6 is 0 Å². The lowest BCUT2D eigenvalue weighted by atomic mass is 10.2. The highest BCUT2D eigenvalue weighted by molar-refractivity contribution is 5.75. The fraction of sp³-hybridized carbons (Fsp3) is 0.214. The zero-order valence-electron chi connectivity index (χ0n) is 10.1.